The summed E-state index contributed by atoms with van der Waals surface area (Å²) >= 11 is 9.88. The van der Waals surface area contributed by atoms with Gasteiger partial charge in [-0.3, -0.25) is 4.68 Å². The van der Waals surface area contributed by atoms with Gasteiger partial charge in [-0.05, 0) is 41.5 Å². The van der Waals surface area contributed by atoms with Crippen LogP contribution in [-0.2, 0) is 13.5 Å². The number of benzene rings is 1. The summed E-state index contributed by atoms with van der Waals surface area (Å²) in [6.45, 7) is 2.00. The molecule has 2 rings (SSSR count). The van der Waals surface area contributed by atoms with E-state index in [0.717, 1.165) is 32.9 Å². The molecule has 2 aromatic rings. The highest BCUT2D eigenvalue weighted by molar-refractivity contribution is 9.10. The van der Waals surface area contributed by atoms with Crippen molar-refractivity contribution in [2.75, 3.05) is 7.05 Å². The van der Waals surface area contributed by atoms with Crippen molar-refractivity contribution in [1.82, 2.24) is 15.1 Å². The number of hydrogen-bond donors (Lipinski definition) is 1. The van der Waals surface area contributed by atoms with Crippen LogP contribution < -0.4 is 5.32 Å². The van der Waals surface area contributed by atoms with Gasteiger partial charge in [0.2, 0.25) is 0 Å². The van der Waals surface area contributed by atoms with Crippen LogP contribution in [0.1, 0.15) is 23.0 Å². The summed E-state index contributed by atoms with van der Waals surface area (Å²) in [5.41, 5.74) is 3.28. The largest absolute Gasteiger partial charge is 0.313 e. The predicted octanol–water partition coefficient (Wildman–Crippen LogP) is 3.65. The number of rotatable bonds is 4. The normalized spacial score (nSPS) is 12.7. The first-order valence-electron chi connectivity index (χ1n) is 6.14. The zero-order valence-corrected chi connectivity index (χ0v) is 13.6. The number of aryl methyl sites for hydroxylation is 2. The van der Waals surface area contributed by atoms with Gasteiger partial charge in [-0.2, -0.15) is 5.10 Å². The standard InChI is InChI=1S/C14H17BrClN3/c1-9-14(15)13(19(3)18-9)8-12(17-2)10-6-4-5-7-11(10)16/h4-7,12,17H,8H2,1-3H3. The van der Waals surface area contributed by atoms with E-state index in [0.29, 0.717) is 0 Å². The second-order valence-corrected chi connectivity index (χ2v) is 5.74. The van der Waals surface area contributed by atoms with Crippen LogP contribution in [-0.4, -0.2) is 16.8 Å². The summed E-state index contributed by atoms with van der Waals surface area (Å²) in [5, 5.41) is 8.54. The average Bonchev–Trinajstić information content (AvgIpc) is 2.63. The molecule has 3 nitrogen and oxygen atoms in total. The highest BCUT2D eigenvalue weighted by Gasteiger charge is 2.18. The molecule has 0 bridgehead atoms. The molecule has 0 saturated heterocycles. The summed E-state index contributed by atoms with van der Waals surface area (Å²) in [5.74, 6) is 0. The van der Waals surface area contributed by atoms with Gasteiger partial charge in [0.1, 0.15) is 0 Å². The maximum Gasteiger partial charge on any atom is 0.0738 e. The van der Waals surface area contributed by atoms with Crippen LogP contribution >= 0.6 is 27.5 Å². The van der Waals surface area contributed by atoms with Crippen molar-refractivity contribution >= 4 is 27.5 Å². The third kappa shape index (κ3) is 3.02. The van der Waals surface area contributed by atoms with E-state index in [4.69, 9.17) is 11.6 Å². The lowest BCUT2D eigenvalue weighted by Crippen LogP contribution is -2.20. The molecular weight excluding hydrogens is 326 g/mol. The van der Waals surface area contributed by atoms with Crippen LogP contribution in [0.25, 0.3) is 0 Å². The summed E-state index contributed by atoms with van der Waals surface area (Å²) < 4.78 is 2.99. The average molecular weight is 343 g/mol. The number of aromatic nitrogens is 2. The second-order valence-electron chi connectivity index (χ2n) is 4.54. The van der Waals surface area contributed by atoms with Crippen LogP contribution in [0, 0.1) is 6.92 Å². The Morgan fingerprint density at radius 3 is 2.63 bits per heavy atom. The molecular formula is C14H17BrClN3. The van der Waals surface area contributed by atoms with Crippen molar-refractivity contribution in [2.45, 2.75) is 19.4 Å². The molecule has 1 atom stereocenters. The number of halogens is 2. The first kappa shape index (κ1) is 14.6. The predicted molar refractivity (Wildman–Crippen MR) is 82.6 cm³/mol. The molecule has 1 aromatic heterocycles. The first-order valence-corrected chi connectivity index (χ1v) is 7.31. The van der Waals surface area contributed by atoms with E-state index in [9.17, 15) is 0 Å². The summed E-state index contributed by atoms with van der Waals surface area (Å²) in [4.78, 5) is 0. The molecule has 0 aliphatic heterocycles. The Labute approximate surface area is 127 Å². The molecule has 0 amide bonds. The molecule has 1 aromatic carbocycles. The number of hydrogen-bond acceptors (Lipinski definition) is 2. The van der Waals surface area contributed by atoms with Crippen LogP contribution in [0.15, 0.2) is 28.7 Å². The van der Waals surface area contributed by atoms with Crippen molar-refractivity contribution in [3.05, 3.63) is 50.7 Å². The molecule has 102 valence electrons. The maximum atomic E-state index is 6.27. The van der Waals surface area contributed by atoms with E-state index < -0.39 is 0 Å². The Hall–Kier alpha value is -0.840. The zero-order valence-electron chi connectivity index (χ0n) is 11.2. The summed E-state index contributed by atoms with van der Waals surface area (Å²) in [6.07, 6.45) is 0.832. The quantitative estimate of drug-likeness (QED) is 0.919. The Bertz CT molecular complexity index is 580. The van der Waals surface area contributed by atoms with E-state index in [1.54, 1.807) is 0 Å². The van der Waals surface area contributed by atoms with Gasteiger partial charge in [0.05, 0.1) is 15.9 Å². The molecule has 0 saturated carbocycles. The number of nitrogens with one attached hydrogen (secondary N) is 1. The molecule has 0 aliphatic carbocycles. The van der Waals surface area contributed by atoms with Gasteiger partial charge < -0.3 is 5.32 Å². The van der Waals surface area contributed by atoms with E-state index in [1.807, 2.05) is 43.9 Å². The fraction of sp³-hybridized carbons (Fsp3) is 0.357. The van der Waals surface area contributed by atoms with Gasteiger partial charge in [-0.1, -0.05) is 29.8 Å². The van der Waals surface area contributed by atoms with Crippen molar-refractivity contribution in [3.8, 4) is 0 Å². The highest BCUT2D eigenvalue weighted by Crippen LogP contribution is 2.29. The minimum atomic E-state index is 0.166. The Kier molecular flexibility index (Phi) is 4.66. The lowest BCUT2D eigenvalue weighted by atomic mass is 10.0. The maximum absolute atomic E-state index is 6.27. The topological polar surface area (TPSA) is 29.9 Å². The Balaban J connectivity index is 2.32. The smallest absolute Gasteiger partial charge is 0.0738 e. The van der Waals surface area contributed by atoms with E-state index in [1.165, 1.54) is 0 Å². The van der Waals surface area contributed by atoms with Gasteiger partial charge in [0, 0.05) is 24.5 Å². The third-order valence-corrected chi connectivity index (χ3v) is 4.66. The third-order valence-electron chi connectivity index (χ3n) is 3.29. The van der Waals surface area contributed by atoms with Crippen LogP contribution in [0.2, 0.25) is 5.02 Å². The molecule has 0 spiro atoms. The summed E-state index contributed by atoms with van der Waals surface area (Å²) in [7, 11) is 3.91. The van der Waals surface area contributed by atoms with Gasteiger partial charge >= 0.3 is 0 Å². The number of nitrogens with zero attached hydrogens (tertiary/aromatic N) is 2. The van der Waals surface area contributed by atoms with Crippen LogP contribution in [0.3, 0.4) is 0 Å². The molecule has 19 heavy (non-hydrogen) atoms. The van der Waals surface area contributed by atoms with Crippen molar-refractivity contribution in [1.29, 1.82) is 0 Å². The van der Waals surface area contributed by atoms with Gasteiger partial charge in [-0.25, -0.2) is 0 Å². The Morgan fingerprint density at radius 2 is 2.11 bits per heavy atom. The molecule has 0 fully saturated rings. The van der Waals surface area contributed by atoms with Crippen molar-refractivity contribution in [2.24, 2.45) is 7.05 Å². The fourth-order valence-electron chi connectivity index (χ4n) is 2.22. The second kappa shape index (κ2) is 6.07. The highest BCUT2D eigenvalue weighted by atomic mass is 79.9. The minimum absolute atomic E-state index is 0.166. The van der Waals surface area contributed by atoms with Crippen LogP contribution in [0.5, 0.6) is 0 Å². The lowest BCUT2D eigenvalue weighted by molar-refractivity contribution is 0.560. The first-order chi connectivity index (χ1) is 9.04. The van der Waals surface area contributed by atoms with E-state index in [2.05, 4.69) is 32.4 Å². The summed E-state index contributed by atoms with van der Waals surface area (Å²) in [6, 6.07) is 8.10. The van der Waals surface area contributed by atoms with Gasteiger partial charge in [0.25, 0.3) is 0 Å². The van der Waals surface area contributed by atoms with E-state index >= 15 is 0 Å². The molecule has 0 radical (unpaired) electrons. The van der Waals surface area contributed by atoms with Crippen LogP contribution in [0.4, 0.5) is 0 Å². The van der Waals surface area contributed by atoms with Crippen molar-refractivity contribution < 1.29 is 0 Å². The van der Waals surface area contributed by atoms with Gasteiger partial charge in [-0.15, -0.1) is 0 Å². The SMILES string of the molecule is CNC(Cc1c(Br)c(C)nn1C)c1ccccc1Cl. The zero-order chi connectivity index (χ0) is 14.0. The fourth-order valence-corrected chi connectivity index (χ4v) is 2.99. The molecule has 5 heteroatoms. The minimum Gasteiger partial charge on any atom is -0.313 e. The van der Waals surface area contributed by atoms with Crippen molar-refractivity contribution in [3.63, 3.8) is 0 Å². The lowest BCUT2D eigenvalue weighted by Gasteiger charge is -2.18. The Morgan fingerprint density at radius 1 is 1.42 bits per heavy atom. The molecule has 1 N–H and O–H groups in total. The van der Waals surface area contributed by atoms with E-state index in [-0.39, 0.29) is 6.04 Å². The molecule has 1 heterocycles. The monoisotopic (exact) mass is 341 g/mol. The molecule has 0 aliphatic rings. The molecule has 1 unspecified atom stereocenters. The van der Waals surface area contributed by atoms with Gasteiger partial charge in [0.15, 0.2) is 0 Å². The number of likely N-dealkylation sites (N-methyl/N-ethyl adjacent to an activating group) is 1.